The molecule has 0 radical (unpaired) electrons. The van der Waals surface area contributed by atoms with Crippen LogP contribution in [0.4, 0.5) is 0 Å². The second-order valence-corrected chi connectivity index (χ2v) is 4.82. The highest BCUT2D eigenvalue weighted by atomic mass is 14.4. The van der Waals surface area contributed by atoms with Crippen molar-refractivity contribution in [3.8, 4) is 0 Å². The minimum absolute atomic E-state index is 0.379. The quantitative estimate of drug-likeness (QED) is 0.500. The molecular weight excluding hydrogens is 168 g/mol. The van der Waals surface area contributed by atoms with Crippen LogP contribution >= 0.6 is 0 Å². The Hall–Kier alpha value is -0.260. The van der Waals surface area contributed by atoms with Gasteiger partial charge in [-0.15, -0.1) is 6.58 Å². The standard InChI is InChI=1S/C14H28/c1-7-12(5)11-14(9-3,10-4)13(6)8-2/h9,12-13H,3,7-8,10-11H2,1-2,4-6H3. The molecule has 0 spiro atoms. The summed E-state index contributed by atoms with van der Waals surface area (Å²) in [6.07, 6.45) is 7.30. The molecule has 0 nitrogen and oxygen atoms in total. The molecule has 0 aromatic rings. The maximum Gasteiger partial charge on any atom is -0.00955 e. The van der Waals surface area contributed by atoms with Crippen molar-refractivity contribution in [3.63, 3.8) is 0 Å². The fraction of sp³-hybridized carbons (Fsp3) is 0.857. The summed E-state index contributed by atoms with van der Waals surface area (Å²) in [5.41, 5.74) is 0.379. The minimum atomic E-state index is 0.379. The van der Waals surface area contributed by atoms with E-state index >= 15 is 0 Å². The van der Waals surface area contributed by atoms with Gasteiger partial charge in [0.25, 0.3) is 0 Å². The topological polar surface area (TPSA) is 0 Å². The third-order valence-corrected chi connectivity index (χ3v) is 4.08. The van der Waals surface area contributed by atoms with Crippen molar-refractivity contribution < 1.29 is 0 Å². The molecule has 0 heterocycles. The summed E-state index contributed by atoms with van der Waals surface area (Å²) >= 11 is 0. The normalized spacial score (nSPS) is 19.8. The lowest BCUT2D eigenvalue weighted by atomic mass is 9.68. The molecule has 0 aromatic heterocycles. The van der Waals surface area contributed by atoms with Crippen LogP contribution < -0.4 is 0 Å². The van der Waals surface area contributed by atoms with Gasteiger partial charge in [-0.2, -0.15) is 0 Å². The molecular formula is C14H28. The van der Waals surface area contributed by atoms with Crippen LogP contribution in [0.5, 0.6) is 0 Å². The van der Waals surface area contributed by atoms with Crippen molar-refractivity contribution in [2.24, 2.45) is 17.3 Å². The van der Waals surface area contributed by atoms with Crippen LogP contribution in [0.25, 0.3) is 0 Å². The Morgan fingerprint density at radius 2 is 1.71 bits per heavy atom. The van der Waals surface area contributed by atoms with Crippen LogP contribution in [0.15, 0.2) is 12.7 Å². The molecule has 0 aliphatic heterocycles. The zero-order chi connectivity index (χ0) is 11.2. The van der Waals surface area contributed by atoms with E-state index < -0.39 is 0 Å². The van der Waals surface area contributed by atoms with Gasteiger partial charge in [-0.05, 0) is 30.1 Å². The van der Waals surface area contributed by atoms with Crippen molar-refractivity contribution in [1.29, 1.82) is 0 Å². The molecule has 0 saturated heterocycles. The minimum Gasteiger partial charge on any atom is -0.103 e. The second kappa shape index (κ2) is 6.27. The first-order valence-corrected chi connectivity index (χ1v) is 6.19. The number of rotatable bonds is 7. The van der Waals surface area contributed by atoms with Crippen LogP contribution in [0.2, 0.25) is 0 Å². The summed E-state index contributed by atoms with van der Waals surface area (Å²) in [7, 11) is 0. The molecule has 14 heavy (non-hydrogen) atoms. The zero-order valence-corrected chi connectivity index (χ0v) is 10.8. The summed E-state index contributed by atoms with van der Waals surface area (Å²) in [4.78, 5) is 0. The highest BCUT2D eigenvalue weighted by Gasteiger charge is 2.31. The molecule has 84 valence electrons. The van der Waals surface area contributed by atoms with Crippen molar-refractivity contribution in [2.45, 2.75) is 60.3 Å². The number of allylic oxidation sites excluding steroid dienone is 1. The summed E-state index contributed by atoms with van der Waals surface area (Å²) in [5.74, 6) is 1.58. The van der Waals surface area contributed by atoms with E-state index in [9.17, 15) is 0 Å². The van der Waals surface area contributed by atoms with Crippen molar-refractivity contribution in [1.82, 2.24) is 0 Å². The van der Waals surface area contributed by atoms with E-state index in [1.54, 1.807) is 0 Å². The van der Waals surface area contributed by atoms with E-state index in [1.165, 1.54) is 25.7 Å². The van der Waals surface area contributed by atoms with E-state index in [0.29, 0.717) is 5.41 Å². The van der Waals surface area contributed by atoms with Gasteiger partial charge in [-0.25, -0.2) is 0 Å². The summed E-state index contributed by atoms with van der Waals surface area (Å²) in [5, 5.41) is 0. The Morgan fingerprint density at radius 1 is 1.14 bits per heavy atom. The molecule has 3 unspecified atom stereocenters. The molecule has 0 fully saturated rings. The maximum atomic E-state index is 4.06. The highest BCUT2D eigenvalue weighted by molar-refractivity contribution is 4.97. The largest absolute Gasteiger partial charge is 0.103 e. The van der Waals surface area contributed by atoms with E-state index in [2.05, 4.69) is 47.3 Å². The summed E-state index contributed by atoms with van der Waals surface area (Å²) in [6.45, 7) is 15.7. The molecule has 0 rings (SSSR count). The Balaban J connectivity index is 4.60. The monoisotopic (exact) mass is 196 g/mol. The molecule has 0 N–H and O–H groups in total. The highest BCUT2D eigenvalue weighted by Crippen LogP contribution is 2.41. The molecule has 0 amide bonds. The molecule has 0 bridgehead atoms. The molecule has 0 heteroatoms. The van der Waals surface area contributed by atoms with Crippen LogP contribution in [0.1, 0.15) is 60.3 Å². The van der Waals surface area contributed by atoms with Gasteiger partial charge < -0.3 is 0 Å². The Bertz CT molecular complexity index is 159. The summed E-state index contributed by atoms with van der Waals surface area (Å²) < 4.78 is 0. The Morgan fingerprint density at radius 3 is 2.00 bits per heavy atom. The van der Waals surface area contributed by atoms with E-state index in [0.717, 1.165) is 11.8 Å². The third kappa shape index (κ3) is 3.15. The average Bonchev–Trinajstić information content (AvgIpc) is 2.24. The van der Waals surface area contributed by atoms with Gasteiger partial charge >= 0.3 is 0 Å². The fourth-order valence-corrected chi connectivity index (χ4v) is 2.32. The molecule has 3 atom stereocenters. The van der Waals surface area contributed by atoms with Gasteiger partial charge in [0, 0.05) is 0 Å². The zero-order valence-electron chi connectivity index (χ0n) is 10.8. The Labute approximate surface area is 90.8 Å². The number of hydrogen-bond acceptors (Lipinski definition) is 0. The maximum absolute atomic E-state index is 4.06. The van der Waals surface area contributed by atoms with E-state index in [4.69, 9.17) is 0 Å². The van der Waals surface area contributed by atoms with Gasteiger partial charge in [0.1, 0.15) is 0 Å². The smallest absolute Gasteiger partial charge is 0.00955 e. The molecule has 0 aliphatic rings. The van der Waals surface area contributed by atoms with E-state index in [1.807, 2.05) is 0 Å². The first-order chi connectivity index (χ1) is 6.56. The van der Waals surface area contributed by atoms with Crippen LogP contribution in [0.3, 0.4) is 0 Å². The molecule has 0 saturated carbocycles. The van der Waals surface area contributed by atoms with Gasteiger partial charge in [-0.3, -0.25) is 0 Å². The molecule has 0 aromatic carbocycles. The van der Waals surface area contributed by atoms with Crippen molar-refractivity contribution in [2.75, 3.05) is 0 Å². The fourth-order valence-electron chi connectivity index (χ4n) is 2.32. The van der Waals surface area contributed by atoms with Crippen molar-refractivity contribution >= 4 is 0 Å². The third-order valence-electron chi connectivity index (χ3n) is 4.08. The average molecular weight is 196 g/mol. The van der Waals surface area contributed by atoms with Crippen molar-refractivity contribution in [3.05, 3.63) is 12.7 Å². The number of hydrogen-bond donors (Lipinski definition) is 0. The van der Waals surface area contributed by atoms with Gasteiger partial charge in [-0.1, -0.05) is 53.5 Å². The van der Waals surface area contributed by atoms with Gasteiger partial charge in [0.2, 0.25) is 0 Å². The Kier molecular flexibility index (Phi) is 6.15. The van der Waals surface area contributed by atoms with Crippen LogP contribution in [-0.4, -0.2) is 0 Å². The molecule has 0 aliphatic carbocycles. The first kappa shape index (κ1) is 13.7. The lowest BCUT2D eigenvalue weighted by Gasteiger charge is -2.37. The summed E-state index contributed by atoms with van der Waals surface area (Å²) in [6, 6.07) is 0. The lowest BCUT2D eigenvalue weighted by Crippen LogP contribution is -2.27. The van der Waals surface area contributed by atoms with Gasteiger partial charge in [0.15, 0.2) is 0 Å². The van der Waals surface area contributed by atoms with Crippen LogP contribution in [0, 0.1) is 17.3 Å². The predicted octanol–water partition coefficient (Wildman–Crippen LogP) is 5.05. The SMILES string of the molecule is C=CC(CC)(CC(C)CC)C(C)CC. The second-order valence-electron chi connectivity index (χ2n) is 4.82. The first-order valence-electron chi connectivity index (χ1n) is 6.19. The van der Waals surface area contributed by atoms with Gasteiger partial charge in [0.05, 0.1) is 0 Å². The predicted molar refractivity (Wildman–Crippen MR) is 66.4 cm³/mol. The van der Waals surface area contributed by atoms with Crippen LogP contribution in [-0.2, 0) is 0 Å². The lowest BCUT2D eigenvalue weighted by molar-refractivity contribution is 0.179. The van der Waals surface area contributed by atoms with E-state index in [-0.39, 0.29) is 0 Å².